The number of likely N-dealkylation sites (N-methyl/N-ethyl adjacent to an activating group) is 1. The van der Waals surface area contributed by atoms with Crippen LogP contribution in [0.25, 0.3) is 0 Å². The number of benzene rings is 1. The number of aromatic nitrogens is 4. The maximum atomic E-state index is 6.22. The van der Waals surface area contributed by atoms with Crippen LogP contribution in [0, 0.1) is 0 Å². The summed E-state index contributed by atoms with van der Waals surface area (Å²) in [5.41, 5.74) is 0.950. The predicted molar refractivity (Wildman–Crippen MR) is 80.1 cm³/mol. The molecule has 1 atom stereocenters. The molecule has 2 rings (SSSR count). The van der Waals surface area contributed by atoms with Crippen molar-refractivity contribution in [2.24, 2.45) is 7.05 Å². The van der Waals surface area contributed by atoms with Gasteiger partial charge in [0, 0.05) is 22.5 Å². The minimum atomic E-state index is 0.168. The van der Waals surface area contributed by atoms with Gasteiger partial charge in [0.2, 0.25) is 0 Å². The number of nitrogens with one attached hydrogen (secondary N) is 1. The summed E-state index contributed by atoms with van der Waals surface area (Å²) in [6, 6.07) is 5.72. The van der Waals surface area contributed by atoms with Crippen molar-refractivity contribution in [1.82, 2.24) is 25.5 Å². The van der Waals surface area contributed by atoms with Gasteiger partial charge in [0.1, 0.15) is 0 Å². The molecule has 1 unspecified atom stereocenters. The Hall–Kier alpha value is -1.17. The van der Waals surface area contributed by atoms with Gasteiger partial charge in [-0.2, -0.15) is 4.80 Å². The van der Waals surface area contributed by atoms with Gasteiger partial charge in [0.15, 0.2) is 5.82 Å². The summed E-state index contributed by atoms with van der Waals surface area (Å²) < 4.78 is 0. The summed E-state index contributed by atoms with van der Waals surface area (Å²) in [7, 11) is 1.75. The Kier molecular flexibility index (Phi) is 5.34. The van der Waals surface area contributed by atoms with E-state index in [1.807, 2.05) is 18.2 Å². The van der Waals surface area contributed by atoms with Crippen molar-refractivity contribution in [3.63, 3.8) is 0 Å². The fraction of sp³-hybridized carbons (Fsp3) is 0.462. The molecular formula is C13H17Cl2N5. The van der Waals surface area contributed by atoms with Crippen LogP contribution in [0.4, 0.5) is 0 Å². The quantitative estimate of drug-likeness (QED) is 0.889. The zero-order valence-electron chi connectivity index (χ0n) is 11.5. The van der Waals surface area contributed by atoms with E-state index in [-0.39, 0.29) is 6.04 Å². The normalized spacial score (nSPS) is 12.6. The molecule has 1 aromatic heterocycles. The molecule has 7 heteroatoms. The molecule has 0 fully saturated rings. The summed E-state index contributed by atoms with van der Waals surface area (Å²) >= 11 is 12.4. The molecule has 0 spiro atoms. The zero-order valence-corrected chi connectivity index (χ0v) is 13.0. The smallest absolute Gasteiger partial charge is 0.176 e. The molecule has 1 aromatic carbocycles. The van der Waals surface area contributed by atoms with E-state index < -0.39 is 0 Å². The summed E-state index contributed by atoms with van der Waals surface area (Å²) in [6.45, 7) is 2.91. The monoisotopic (exact) mass is 313 g/mol. The third-order valence-corrected chi connectivity index (χ3v) is 3.69. The molecule has 0 bridgehead atoms. The molecule has 0 amide bonds. The summed E-state index contributed by atoms with van der Waals surface area (Å²) in [4.78, 5) is 1.46. The van der Waals surface area contributed by atoms with Crippen LogP contribution in [0.5, 0.6) is 0 Å². The lowest BCUT2D eigenvalue weighted by molar-refractivity contribution is 0.509. The minimum absolute atomic E-state index is 0.168. The van der Waals surface area contributed by atoms with Crippen LogP contribution >= 0.6 is 23.2 Å². The molecule has 0 saturated heterocycles. The zero-order chi connectivity index (χ0) is 14.5. The first-order valence-corrected chi connectivity index (χ1v) is 7.25. The highest BCUT2D eigenvalue weighted by atomic mass is 35.5. The standard InChI is InChI=1S/C13H17Cl2N5/c1-3-16-9(8-13-17-19-20(2)18-13)7-10-11(14)5-4-6-12(10)15/h4-6,9,16H,3,7-8H2,1-2H3. The molecule has 0 saturated carbocycles. The Morgan fingerprint density at radius 3 is 2.50 bits per heavy atom. The van der Waals surface area contributed by atoms with Crippen LogP contribution in [0.15, 0.2) is 18.2 Å². The molecule has 1 N–H and O–H groups in total. The average molecular weight is 314 g/mol. The first-order chi connectivity index (χ1) is 9.60. The van der Waals surface area contributed by atoms with Crippen molar-refractivity contribution in [3.8, 4) is 0 Å². The van der Waals surface area contributed by atoms with Gasteiger partial charge >= 0.3 is 0 Å². The third-order valence-electron chi connectivity index (χ3n) is 2.98. The van der Waals surface area contributed by atoms with E-state index in [2.05, 4.69) is 27.7 Å². The van der Waals surface area contributed by atoms with E-state index in [4.69, 9.17) is 23.2 Å². The number of nitrogens with zero attached hydrogens (tertiary/aromatic N) is 4. The number of halogens is 2. The van der Waals surface area contributed by atoms with E-state index in [1.165, 1.54) is 4.80 Å². The Bertz CT molecular complexity index is 549. The van der Waals surface area contributed by atoms with Gasteiger partial charge in [-0.05, 0) is 35.9 Å². The van der Waals surface area contributed by atoms with Crippen LogP contribution in [-0.2, 0) is 19.9 Å². The topological polar surface area (TPSA) is 55.6 Å². The number of rotatable bonds is 6. The summed E-state index contributed by atoms with van der Waals surface area (Å²) in [5.74, 6) is 0.710. The van der Waals surface area contributed by atoms with Crippen molar-refractivity contribution in [3.05, 3.63) is 39.6 Å². The highest BCUT2D eigenvalue weighted by Crippen LogP contribution is 2.25. The second kappa shape index (κ2) is 7.02. The summed E-state index contributed by atoms with van der Waals surface area (Å²) in [5, 5.41) is 16.9. The molecule has 2 aromatic rings. The molecule has 0 radical (unpaired) electrons. The maximum absolute atomic E-state index is 6.22. The highest BCUT2D eigenvalue weighted by Gasteiger charge is 2.16. The fourth-order valence-corrected chi connectivity index (χ4v) is 2.66. The molecule has 108 valence electrons. The van der Waals surface area contributed by atoms with Crippen LogP contribution < -0.4 is 5.32 Å². The van der Waals surface area contributed by atoms with Crippen molar-refractivity contribution < 1.29 is 0 Å². The highest BCUT2D eigenvalue weighted by molar-refractivity contribution is 6.36. The number of hydrogen-bond acceptors (Lipinski definition) is 4. The lowest BCUT2D eigenvalue weighted by Gasteiger charge is -2.17. The molecule has 0 aliphatic rings. The Morgan fingerprint density at radius 1 is 1.25 bits per heavy atom. The fourth-order valence-electron chi connectivity index (χ4n) is 2.10. The SMILES string of the molecule is CCNC(Cc1nnn(C)n1)Cc1c(Cl)cccc1Cl. The Morgan fingerprint density at radius 2 is 1.95 bits per heavy atom. The second-order valence-corrected chi connectivity index (χ2v) is 5.37. The lowest BCUT2D eigenvalue weighted by Crippen LogP contribution is -2.33. The first kappa shape index (κ1) is 15.2. The van der Waals surface area contributed by atoms with Crippen LogP contribution in [0.2, 0.25) is 10.0 Å². The van der Waals surface area contributed by atoms with Crippen molar-refractivity contribution in [1.29, 1.82) is 0 Å². The molecule has 1 heterocycles. The Labute approximate surface area is 128 Å². The molecule has 20 heavy (non-hydrogen) atoms. The number of aryl methyl sites for hydroxylation is 1. The van der Waals surface area contributed by atoms with Gasteiger partial charge in [-0.1, -0.05) is 36.2 Å². The summed E-state index contributed by atoms with van der Waals surface area (Å²) in [6.07, 6.45) is 1.41. The number of tetrazole rings is 1. The van der Waals surface area contributed by atoms with Gasteiger partial charge in [0.05, 0.1) is 7.05 Å². The lowest BCUT2D eigenvalue weighted by atomic mass is 10.0. The van der Waals surface area contributed by atoms with E-state index in [1.54, 1.807) is 7.05 Å². The van der Waals surface area contributed by atoms with Gasteiger partial charge in [-0.25, -0.2) is 0 Å². The third kappa shape index (κ3) is 3.91. The maximum Gasteiger partial charge on any atom is 0.176 e. The largest absolute Gasteiger partial charge is 0.313 e. The second-order valence-electron chi connectivity index (χ2n) is 4.56. The van der Waals surface area contributed by atoms with Crippen LogP contribution in [0.3, 0.4) is 0 Å². The van der Waals surface area contributed by atoms with E-state index in [0.717, 1.165) is 18.5 Å². The van der Waals surface area contributed by atoms with Crippen LogP contribution in [0.1, 0.15) is 18.3 Å². The van der Waals surface area contributed by atoms with Crippen molar-refractivity contribution in [2.75, 3.05) is 6.54 Å². The van der Waals surface area contributed by atoms with E-state index >= 15 is 0 Å². The van der Waals surface area contributed by atoms with E-state index in [0.29, 0.717) is 22.3 Å². The molecular weight excluding hydrogens is 297 g/mol. The first-order valence-electron chi connectivity index (χ1n) is 6.49. The van der Waals surface area contributed by atoms with Gasteiger partial charge in [0.25, 0.3) is 0 Å². The van der Waals surface area contributed by atoms with Crippen molar-refractivity contribution in [2.45, 2.75) is 25.8 Å². The predicted octanol–water partition coefficient (Wildman–Crippen LogP) is 2.28. The minimum Gasteiger partial charge on any atom is -0.313 e. The van der Waals surface area contributed by atoms with Gasteiger partial charge < -0.3 is 5.32 Å². The average Bonchev–Trinajstić information content (AvgIpc) is 2.80. The van der Waals surface area contributed by atoms with Crippen LogP contribution in [-0.4, -0.2) is 32.8 Å². The Balaban J connectivity index is 2.13. The molecule has 0 aliphatic carbocycles. The van der Waals surface area contributed by atoms with Crippen molar-refractivity contribution >= 4 is 23.2 Å². The molecule has 5 nitrogen and oxygen atoms in total. The molecule has 0 aliphatic heterocycles. The van der Waals surface area contributed by atoms with Gasteiger partial charge in [-0.3, -0.25) is 0 Å². The van der Waals surface area contributed by atoms with Gasteiger partial charge in [-0.15, -0.1) is 10.2 Å². The van der Waals surface area contributed by atoms with E-state index in [9.17, 15) is 0 Å². The number of hydrogen-bond donors (Lipinski definition) is 1.